The van der Waals surface area contributed by atoms with Crippen LogP contribution < -0.4 is 0 Å². The monoisotopic (exact) mass is 379 g/mol. The molecule has 1 aromatic carbocycles. The predicted molar refractivity (Wildman–Crippen MR) is 106 cm³/mol. The molecule has 2 heterocycles. The van der Waals surface area contributed by atoms with Crippen molar-refractivity contribution in [2.24, 2.45) is 0 Å². The number of halogens is 1. The summed E-state index contributed by atoms with van der Waals surface area (Å²) in [5, 5.41) is 0. The fraction of sp³-hybridized carbons (Fsp3) is 0.174. The van der Waals surface area contributed by atoms with Gasteiger partial charge < -0.3 is 13.7 Å². The second kappa shape index (κ2) is 9.04. The largest absolute Gasteiger partial charge is 0.460 e. The Balaban J connectivity index is 2.08. The minimum Gasteiger partial charge on any atom is -0.460 e. The van der Waals surface area contributed by atoms with Crippen LogP contribution in [0.25, 0.3) is 11.3 Å². The van der Waals surface area contributed by atoms with Crippen LogP contribution in [0.4, 0.5) is 4.39 Å². The molecule has 5 heteroatoms. The molecule has 0 bridgehead atoms. The zero-order chi connectivity index (χ0) is 19.9. The first-order chi connectivity index (χ1) is 13.6. The van der Waals surface area contributed by atoms with E-state index in [1.165, 1.54) is 12.1 Å². The fourth-order valence-electron chi connectivity index (χ4n) is 2.86. The zero-order valence-electron chi connectivity index (χ0n) is 15.9. The lowest BCUT2D eigenvalue weighted by molar-refractivity contribution is 0.0488. The third-order valence-electron chi connectivity index (χ3n) is 4.09. The number of hydrogen-bond acceptors (Lipinski definition) is 3. The molecule has 0 fully saturated rings. The summed E-state index contributed by atoms with van der Waals surface area (Å²) in [5.74, 6) is -0.0459. The van der Waals surface area contributed by atoms with Gasteiger partial charge in [0, 0.05) is 11.9 Å². The van der Waals surface area contributed by atoms with E-state index in [9.17, 15) is 9.18 Å². The molecule has 0 unspecified atom stereocenters. The number of hydrogen-bond donors (Lipinski definition) is 0. The number of aromatic nitrogens is 1. The van der Waals surface area contributed by atoms with Crippen LogP contribution in [0.2, 0.25) is 0 Å². The van der Waals surface area contributed by atoms with Gasteiger partial charge in [0.1, 0.15) is 11.6 Å². The Hall–Kier alpha value is -3.34. The van der Waals surface area contributed by atoms with Crippen molar-refractivity contribution in [3.8, 4) is 11.3 Å². The molecule has 28 heavy (non-hydrogen) atoms. The van der Waals surface area contributed by atoms with E-state index < -0.39 is 5.97 Å². The minimum absolute atomic E-state index is 0.164. The average Bonchev–Trinajstić information content (AvgIpc) is 3.16. The Morgan fingerprint density at radius 2 is 1.86 bits per heavy atom. The minimum atomic E-state index is -0.489. The van der Waals surface area contributed by atoms with Crippen LogP contribution in [0.3, 0.4) is 0 Å². The number of furan rings is 1. The number of rotatable bonds is 5. The van der Waals surface area contributed by atoms with Gasteiger partial charge in [-0.1, -0.05) is 30.3 Å². The van der Waals surface area contributed by atoms with Crippen LogP contribution in [0.15, 0.2) is 77.3 Å². The maximum absolute atomic E-state index is 13.9. The summed E-state index contributed by atoms with van der Waals surface area (Å²) in [6.07, 6.45) is 1.79. The van der Waals surface area contributed by atoms with Crippen molar-refractivity contribution in [1.29, 1.82) is 0 Å². The van der Waals surface area contributed by atoms with Crippen molar-refractivity contribution < 1.29 is 18.3 Å². The van der Waals surface area contributed by atoms with Crippen LogP contribution in [0.5, 0.6) is 0 Å². The molecule has 0 atom stereocenters. The molecule has 0 radical (unpaired) electrons. The number of aryl methyl sites for hydroxylation is 1. The molecule has 0 spiro atoms. The SMILES string of the molecule is CCOC(=O)c1ccc(Cn2cccc(F)cc(C)cc2-c2ccccc2)o1. The highest BCUT2D eigenvalue weighted by Gasteiger charge is 2.13. The number of benzene rings is 1. The normalized spacial score (nSPS) is 10.4. The Morgan fingerprint density at radius 1 is 1.07 bits per heavy atom. The van der Waals surface area contributed by atoms with Crippen molar-refractivity contribution in [3.63, 3.8) is 0 Å². The van der Waals surface area contributed by atoms with Crippen molar-refractivity contribution in [2.45, 2.75) is 20.4 Å². The lowest BCUT2D eigenvalue weighted by Crippen LogP contribution is -2.04. The van der Waals surface area contributed by atoms with E-state index in [1.54, 1.807) is 31.3 Å². The number of nitrogens with zero attached hydrogens (tertiary/aromatic N) is 1. The molecule has 4 nitrogen and oxygen atoms in total. The van der Waals surface area contributed by atoms with E-state index in [0.717, 1.165) is 16.8 Å². The summed E-state index contributed by atoms with van der Waals surface area (Å²) in [5.41, 5.74) is 2.66. The average molecular weight is 379 g/mol. The van der Waals surface area contributed by atoms with Crippen molar-refractivity contribution in [3.05, 3.63) is 95.8 Å². The van der Waals surface area contributed by atoms with E-state index in [-0.39, 0.29) is 18.2 Å². The number of esters is 1. The molecular formula is C23H22FNO3. The van der Waals surface area contributed by atoms with Gasteiger partial charge in [0.2, 0.25) is 5.76 Å². The Morgan fingerprint density at radius 3 is 2.61 bits per heavy atom. The number of carbonyl (C=O) groups is 1. The van der Waals surface area contributed by atoms with Crippen LogP contribution in [-0.2, 0) is 11.3 Å². The number of ether oxygens (including phenoxy) is 1. The second-order valence-electron chi connectivity index (χ2n) is 6.29. The van der Waals surface area contributed by atoms with Crippen LogP contribution in [0, 0.1) is 12.7 Å². The number of carbonyl (C=O) groups excluding carboxylic acids is 1. The summed E-state index contributed by atoms with van der Waals surface area (Å²) in [6, 6.07) is 19.7. The van der Waals surface area contributed by atoms with Gasteiger partial charge in [-0.2, -0.15) is 0 Å². The van der Waals surface area contributed by atoms with E-state index >= 15 is 0 Å². The first-order valence-corrected chi connectivity index (χ1v) is 9.08. The summed E-state index contributed by atoms with van der Waals surface area (Å²) in [6.45, 7) is 4.26. The fourth-order valence-corrected chi connectivity index (χ4v) is 2.86. The summed E-state index contributed by atoms with van der Waals surface area (Å²) in [7, 11) is 0. The van der Waals surface area contributed by atoms with Gasteiger partial charge in [0.15, 0.2) is 0 Å². The lowest BCUT2D eigenvalue weighted by Gasteiger charge is -2.11. The quantitative estimate of drug-likeness (QED) is 0.546. The molecule has 0 saturated heterocycles. The summed E-state index contributed by atoms with van der Waals surface area (Å²) in [4.78, 5) is 11.8. The van der Waals surface area contributed by atoms with Gasteiger partial charge in [-0.05, 0) is 61.4 Å². The molecule has 0 aliphatic heterocycles. The predicted octanol–water partition coefficient (Wildman–Crippen LogP) is 5.55. The van der Waals surface area contributed by atoms with Gasteiger partial charge >= 0.3 is 5.97 Å². The highest BCUT2D eigenvalue weighted by atomic mass is 19.1. The van der Waals surface area contributed by atoms with Gasteiger partial charge in [0.05, 0.1) is 13.2 Å². The molecule has 2 aromatic heterocycles. The third kappa shape index (κ3) is 4.88. The van der Waals surface area contributed by atoms with Crippen molar-refractivity contribution in [1.82, 2.24) is 4.57 Å². The Labute approximate surface area is 163 Å². The molecule has 0 saturated carbocycles. The summed E-state index contributed by atoms with van der Waals surface area (Å²) < 4.78 is 26.5. The first kappa shape index (κ1) is 19.4. The molecule has 144 valence electrons. The van der Waals surface area contributed by atoms with Crippen molar-refractivity contribution in [2.75, 3.05) is 6.61 Å². The van der Waals surface area contributed by atoms with Crippen LogP contribution >= 0.6 is 0 Å². The maximum atomic E-state index is 13.9. The van der Waals surface area contributed by atoms with E-state index in [2.05, 4.69) is 0 Å². The molecular weight excluding hydrogens is 357 g/mol. The highest BCUT2D eigenvalue weighted by molar-refractivity contribution is 5.86. The Kier molecular flexibility index (Phi) is 6.27. The highest BCUT2D eigenvalue weighted by Crippen LogP contribution is 2.21. The second-order valence-corrected chi connectivity index (χ2v) is 6.29. The van der Waals surface area contributed by atoms with Gasteiger partial charge in [-0.3, -0.25) is 0 Å². The van der Waals surface area contributed by atoms with Crippen LogP contribution in [0.1, 0.15) is 28.8 Å². The van der Waals surface area contributed by atoms with Crippen LogP contribution in [-0.4, -0.2) is 17.1 Å². The zero-order valence-corrected chi connectivity index (χ0v) is 15.9. The van der Waals surface area contributed by atoms with E-state index in [0.29, 0.717) is 12.3 Å². The molecule has 0 aliphatic rings. The van der Waals surface area contributed by atoms with Crippen molar-refractivity contribution >= 4 is 5.97 Å². The first-order valence-electron chi connectivity index (χ1n) is 9.08. The molecule has 0 aliphatic carbocycles. The molecule has 0 amide bonds. The molecule has 0 N–H and O–H groups in total. The lowest BCUT2D eigenvalue weighted by atomic mass is 10.1. The van der Waals surface area contributed by atoms with E-state index in [4.69, 9.17) is 9.15 Å². The topological polar surface area (TPSA) is 44.4 Å². The van der Waals surface area contributed by atoms with Gasteiger partial charge in [-0.15, -0.1) is 0 Å². The van der Waals surface area contributed by atoms with Gasteiger partial charge in [0.25, 0.3) is 0 Å². The molecule has 3 aromatic rings. The smallest absolute Gasteiger partial charge is 0.374 e. The molecule has 3 rings (SSSR count). The maximum Gasteiger partial charge on any atom is 0.374 e. The Bertz CT molecular complexity index is 1000. The standard InChI is InChI=1S/C23H22FNO3/c1-3-27-23(26)22-12-11-20(28-22)16-25-13-7-10-19(24)14-17(2)15-21(25)18-8-5-4-6-9-18/h4-15H,3,16H2,1-2H3. The summed E-state index contributed by atoms with van der Waals surface area (Å²) >= 11 is 0. The third-order valence-corrected chi connectivity index (χ3v) is 4.09. The van der Waals surface area contributed by atoms with Gasteiger partial charge in [-0.25, -0.2) is 9.18 Å². The van der Waals surface area contributed by atoms with E-state index in [1.807, 2.05) is 47.9 Å².